The molecule has 25 heavy (non-hydrogen) atoms. The highest BCUT2D eigenvalue weighted by molar-refractivity contribution is 6.31. The van der Waals surface area contributed by atoms with Crippen molar-refractivity contribution in [2.75, 3.05) is 7.11 Å². The molecule has 0 fully saturated rings. The van der Waals surface area contributed by atoms with Crippen LogP contribution in [0.4, 0.5) is 0 Å². The maximum atomic E-state index is 6.00. The molecule has 0 spiro atoms. The monoisotopic (exact) mass is 372 g/mol. The lowest BCUT2D eigenvalue weighted by atomic mass is 10.1. The molecule has 0 N–H and O–H groups in total. The van der Waals surface area contributed by atoms with Crippen molar-refractivity contribution in [3.05, 3.63) is 65.8 Å². The summed E-state index contributed by atoms with van der Waals surface area (Å²) in [7, 11) is 1.64. The quantitative estimate of drug-likeness (QED) is 0.466. The lowest BCUT2D eigenvalue weighted by Gasteiger charge is -2.09. The van der Waals surface area contributed by atoms with E-state index in [2.05, 4.69) is 9.97 Å². The first-order valence-corrected chi connectivity index (χ1v) is 7.78. The summed E-state index contributed by atoms with van der Waals surface area (Å²) >= 11 is 6.00. The van der Waals surface area contributed by atoms with Crippen molar-refractivity contribution in [3.63, 3.8) is 0 Å². The molecule has 0 amide bonds. The van der Waals surface area contributed by atoms with Crippen LogP contribution >= 0.6 is 24.0 Å². The number of benzene rings is 2. The molecule has 6 heteroatoms. The zero-order valence-electron chi connectivity index (χ0n) is 13.3. The largest absolute Gasteiger partial charge is 0.496 e. The van der Waals surface area contributed by atoms with Crippen molar-refractivity contribution in [1.82, 2.24) is 9.97 Å². The third kappa shape index (κ3) is 3.31. The fraction of sp³-hybridized carbons (Fsp3) is 0.0526. The molecule has 2 aromatic carbocycles. The highest BCUT2D eigenvalue weighted by Gasteiger charge is 2.13. The summed E-state index contributed by atoms with van der Waals surface area (Å²) in [6.07, 6.45) is 1.76. The zero-order valence-corrected chi connectivity index (χ0v) is 14.8. The van der Waals surface area contributed by atoms with E-state index < -0.39 is 0 Å². The van der Waals surface area contributed by atoms with Crippen LogP contribution in [-0.2, 0) is 0 Å². The number of methoxy groups -OCH3 is 1. The summed E-state index contributed by atoms with van der Waals surface area (Å²) in [4.78, 5) is 8.87. The van der Waals surface area contributed by atoms with E-state index in [1.165, 1.54) is 0 Å². The van der Waals surface area contributed by atoms with Crippen LogP contribution in [0, 0.1) is 0 Å². The number of hydrogen-bond donors (Lipinski definition) is 0. The van der Waals surface area contributed by atoms with Crippen molar-refractivity contribution < 1.29 is 9.15 Å². The molecular formula is C19H14Cl2N2O2. The summed E-state index contributed by atoms with van der Waals surface area (Å²) in [6, 6.07) is 16.9. The van der Waals surface area contributed by atoms with Crippen LogP contribution in [0.25, 0.3) is 33.8 Å². The number of rotatable bonds is 3. The minimum atomic E-state index is 0. The number of hydrogen-bond acceptors (Lipinski definition) is 4. The fourth-order valence-corrected chi connectivity index (χ4v) is 2.75. The van der Waals surface area contributed by atoms with Crippen LogP contribution in [-0.4, -0.2) is 17.1 Å². The Hall–Kier alpha value is -2.56. The topological polar surface area (TPSA) is 48.2 Å². The molecule has 0 atom stereocenters. The summed E-state index contributed by atoms with van der Waals surface area (Å²) in [6.45, 7) is 0. The Labute approximate surface area is 155 Å². The molecule has 0 radical (unpaired) electrons. The van der Waals surface area contributed by atoms with Crippen LogP contribution < -0.4 is 4.74 Å². The van der Waals surface area contributed by atoms with E-state index in [0.29, 0.717) is 22.2 Å². The maximum absolute atomic E-state index is 6.00. The van der Waals surface area contributed by atoms with Gasteiger partial charge in [0, 0.05) is 22.3 Å². The zero-order chi connectivity index (χ0) is 16.5. The number of fused-ring (bicyclic) bond motifs is 1. The Balaban J connectivity index is 0.00000182. The Bertz CT molecular complexity index is 1020. The Kier molecular flexibility index (Phi) is 4.93. The number of aromatic nitrogens is 2. The highest BCUT2D eigenvalue weighted by Crippen LogP contribution is 2.34. The van der Waals surface area contributed by atoms with Gasteiger partial charge in [0.25, 0.3) is 0 Å². The van der Waals surface area contributed by atoms with Crippen molar-refractivity contribution in [3.8, 4) is 28.5 Å². The van der Waals surface area contributed by atoms with Crippen molar-refractivity contribution >= 4 is 35.1 Å². The van der Waals surface area contributed by atoms with Crippen LogP contribution in [0.15, 0.2) is 65.2 Å². The molecule has 4 rings (SSSR count). The molecular weight excluding hydrogens is 359 g/mol. The Morgan fingerprint density at radius 2 is 1.92 bits per heavy atom. The molecule has 4 aromatic rings. The number of nitrogens with zero attached hydrogens (tertiary/aromatic N) is 2. The Morgan fingerprint density at radius 3 is 2.68 bits per heavy atom. The first-order chi connectivity index (χ1) is 11.7. The molecule has 0 saturated carbocycles. The first-order valence-electron chi connectivity index (χ1n) is 7.40. The predicted molar refractivity (Wildman–Crippen MR) is 101 cm³/mol. The van der Waals surface area contributed by atoms with Crippen LogP contribution in [0.5, 0.6) is 5.75 Å². The van der Waals surface area contributed by atoms with Crippen LogP contribution in [0.2, 0.25) is 5.02 Å². The SMILES string of the molecule is COc1cc(-c2nc3cc(Cl)ccc3o2)ccc1-c1ccccn1.Cl. The van der Waals surface area contributed by atoms with Crippen molar-refractivity contribution in [2.24, 2.45) is 0 Å². The normalized spacial score (nSPS) is 10.5. The second-order valence-electron chi connectivity index (χ2n) is 5.26. The summed E-state index contributed by atoms with van der Waals surface area (Å²) in [5.41, 5.74) is 4.03. The van der Waals surface area contributed by atoms with E-state index in [0.717, 1.165) is 22.3 Å². The van der Waals surface area contributed by atoms with Gasteiger partial charge in [-0.15, -0.1) is 12.4 Å². The second-order valence-corrected chi connectivity index (χ2v) is 5.70. The fourth-order valence-electron chi connectivity index (χ4n) is 2.58. The molecule has 2 heterocycles. The highest BCUT2D eigenvalue weighted by atomic mass is 35.5. The number of halogens is 2. The average Bonchev–Trinajstić information content (AvgIpc) is 3.05. The number of oxazole rings is 1. The van der Waals surface area contributed by atoms with Gasteiger partial charge in [-0.25, -0.2) is 4.98 Å². The minimum Gasteiger partial charge on any atom is -0.496 e. The molecule has 0 saturated heterocycles. The third-order valence-corrected chi connectivity index (χ3v) is 3.97. The lowest BCUT2D eigenvalue weighted by Crippen LogP contribution is -1.91. The van der Waals surface area contributed by atoms with E-state index in [4.69, 9.17) is 20.8 Å². The smallest absolute Gasteiger partial charge is 0.227 e. The Morgan fingerprint density at radius 1 is 1.04 bits per heavy atom. The summed E-state index contributed by atoms with van der Waals surface area (Å²) in [5.74, 6) is 1.24. The van der Waals surface area contributed by atoms with E-state index in [-0.39, 0.29) is 12.4 Å². The van der Waals surface area contributed by atoms with Gasteiger partial charge >= 0.3 is 0 Å². The van der Waals surface area contributed by atoms with Gasteiger partial charge in [0.1, 0.15) is 11.3 Å². The molecule has 126 valence electrons. The van der Waals surface area contributed by atoms with Gasteiger partial charge in [0.2, 0.25) is 5.89 Å². The lowest BCUT2D eigenvalue weighted by molar-refractivity contribution is 0.416. The third-order valence-electron chi connectivity index (χ3n) is 3.74. The van der Waals surface area contributed by atoms with Gasteiger partial charge in [-0.05, 0) is 48.5 Å². The van der Waals surface area contributed by atoms with Crippen molar-refractivity contribution in [2.45, 2.75) is 0 Å². The molecule has 0 bridgehead atoms. The molecule has 0 unspecified atom stereocenters. The van der Waals surface area contributed by atoms with Crippen molar-refractivity contribution in [1.29, 1.82) is 0 Å². The second kappa shape index (κ2) is 7.13. The minimum absolute atomic E-state index is 0. The number of pyridine rings is 1. The molecule has 0 aliphatic rings. The standard InChI is InChI=1S/C19H13ClN2O2.ClH/c1-23-18-10-12(5-7-14(18)15-4-2-3-9-21-15)19-22-16-11-13(20)6-8-17(16)24-19;/h2-11H,1H3;1H. The van der Waals surface area contributed by atoms with Crippen LogP contribution in [0.1, 0.15) is 0 Å². The van der Waals surface area contributed by atoms with E-state index in [9.17, 15) is 0 Å². The van der Waals surface area contributed by atoms with Gasteiger partial charge in [0.05, 0.1) is 12.8 Å². The van der Waals surface area contributed by atoms with Gasteiger partial charge in [-0.1, -0.05) is 17.7 Å². The predicted octanol–water partition coefficient (Wildman–Crippen LogP) is 5.64. The maximum Gasteiger partial charge on any atom is 0.227 e. The molecule has 4 nitrogen and oxygen atoms in total. The summed E-state index contributed by atoms with van der Waals surface area (Å²) < 4.78 is 11.3. The van der Waals surface area contributed by atoms with E-state index in [1.54, 1.807) is 25.4 Å². The molecule has 0 aliphatic carbocycles. The van der Waals surface area contributed by atoms with Gasteiger partial charge < -0.3 is 9.15 Å². The van der Waals surface area contributed by atoms with Gasteiger partial charge in [0.15, 0.2) is 5.58 Å². The summed E-state index contributed by atoms with van der Waals surface area (Å²) in [5, 5.41) is 0.630. The van der Waals surface area contributed by atoms with E-state index in [1.807, 2.05) is 42.5 Å². The van der Waals surface area contributed by atoms with Crippen LogP contribution in [0.3, 0.4) is 0 Å². The average molecular weight is 373 g/mol. The number of ether oxygens (including phenoxy) is 1. The van der Waals surface area contributed by atoms with E-state index >= 15 is 0 Å². The first kappa shape index (κ1) is 17.3. The molecule has 0 aliphatic heterocycles. The van der Waals surface area contributed by atoms with Gasteiger partial charge in [-0.2, -0.15) is 0 Å². The molecule has 2 aromatic heterocycles. The van der Waals surface area contributed by atoms with Gasteiger partial charge in [-0.3, -0.25) is 4.98 Å².